The summed E-state index contributed by atoms with van der Waals surface area (Å²) in [7, 11) is 0. The zero-order valence-corrected chi connectivity index (χ0v) is 11.9. The second kappa shape index (κ2) is 4.67. The summed E-state index contributed by atoms with van der Waals surface area (Å²) >= 11 is 6.36. The van der Waals surface area contributed by atoms with Gasteiger partial charge in [0.15, 0.2) is 0 Å². The number of halogens is 1. The van der Waals surface area contributed by atoms with Gasteiger partial charge in [0, 0.05) is 5.56 Å². The van der Waals surface area contributed by atoms with E-state index in [1.54, 1.807) is 0 Å². The maximum Gasteiger partial charge on any atom is 0.323 e. The molecule has 0 atom stereocenters. The highest BCUT2D eigenvalue weighted by Crippen LogP contribution is 2.39. The Morgan fingerprint density at radius 3 is 2.71 bits per heavy atom. The van der Waals surface area contributed by atoms with Gasteiger partial charge in [-0.15, -0.1) is 0 Å². The van der Waals surface area contributed by atoms with Crippen molar-refractivity contribution in [3.8, 4) is 16.9 Å². The molecular weight excluding hydrogens is 288 g/mol. The van der Waals surface area contributed by atoms with Gasteiger partial charge in [0.05, 0.1) is 22.2 Å². The minimum Gasteiger partial charge on any atom is -0.490 e. The normalized spacial score (nSPS) is 14.5. The molecule has 1 saturated carbocycles. The van der Waals surface area contributed by atoms with Crippen molar-refractivity contribution in [2.75, 3.05) is 0 Å². The van der Waals surface area contributed by atoms with Crippen LogP contribution < -0.4 is 10.4 Å². The molecule has 21 heavy (non-hydrogen) atoms. The topological polar surface area (TPSA) is 57.9 Å². The minimum absolute atomic E-state index is 0.212. The predicted octanol–water partition coefficient (Wildman–Crippen LogP) is 3.72. The first-order valence-electron chi connectivity index (χ1n) is 6.88. The van der Waals surface area contributed by atoms with Gasteiger partial charge in [0.25, 0.3) is 0 Å². The first kappa shape index (κ1) is 12.5. The fourth-order valence-corrected chi connectivity index (χ4v) is 2.71. The predicted molar refractivity (Wildman–Crippen MR) is 83.0 cm³/mol. The second-order valence-electron chi connectivity index (χ2n) is 5.27. The third kappa shape index (κ3) is 2.32. The van der Waals surface area contributed by atoms with Crippen molar-refractivity contribution in [2.45, 2.75) is 18.9 Å². The Kier molecular flexibility index (Phi) is 2.79. The Bertz CT molecular complexity index is 877. The van der Waals surface area contributed by atoms with Crippen LogP contribution in [0.15, 0.2) is 41.2 Å². The van der Waals surface area contributed by atoms with Crippen LogP contribution >= 0.6 is 11.6 Å². The molecule has 1 fully saturated rings. The molecule has 0 radical (unpaired) electrons. The monoisotopic (exact) mass is 300 g/mol. The third-order valence-electron chi connectivity index (χ3n) is 3.60. The van der Waals surface area contributed by atoms with Gasteiger partial charge in [0.2, 0.25) is 0 Å². The number of ether oxygens (including phenoxy) is 1. The summed E-state index contributed by atoms with van der Waals surface area (Å²) in [5.41, 5.74) is 3.13. The van der Waals surface area contributed by atoms with Crippen molar-refractivity contribution in [1.29, 1.82) is 0 Å². The molecule has 0 unspecified atom stereocenters. The Morgan fingerprint density at radius 1 is 1.10 bits per heavy atom. The van der Waals surface area contributed by atoms with Gasteiger partial charge < -0.3 is 14.7 Å². The minimum atomic E-state index is -0.212. The Labute approximate surface area is 125 Å². The number of hydrogen-bond acceptors (Lipinski definition) is 2. The van der Waals surface area contributed by atoms with Crippen LogP contribution in [-0.2, 0) is 0 Å². The Balaban J connectivity index is 1.87. The molecule has 3 aromatic rings. The van der Waals surface area contributed by atoms with Crippen LogP contribution in [0.3, 0.4) is 0 Å². The number of aromatic nitrogens is 2. The van der Waals surface area contributed by atoms with Gasteiger partial charge in [0.1, 0.15) is 5.75 Å². The SMILES string of the molecule is O=c1[nH]c2ccc(-c3c(Cl)cccc3OC3CC3)cc2[nH]1. The lowest BCUT2D eigenvalue weighted by Gasteiger charge is -2.12. The molecule has 4 nitrogen and oxygen atoms in total. The highest BCUT2D eigenvalue weighted by atomic mass is 35.5. The standard InChI is InChI=1S/C16H13ClN2O2/c17-11-2-1-3-14(21-10-5-6-10)15(11)9-4-7-12-13(8-9)19-16(20)18-12/h1-4,7-8,10H,5-6H2,(H2,18,19,20). The number of H-pyrrole nitrogens is 2. The van der Waals surface area contributed by atoms with Crippen molar-refractivity contribution >= 4 is 22.6 Å². The lowest BCUT2D eigenvalue weighted by Crippen LogP contribution is -1.99. The third-order valence-corrected chi connectivity index (χ3v) is 3.91. The van der Waals surface area contributed by atoms with E-state index in [-0.39, 0.29) is 5.69 Å². The van der Waals surface area contributed by atoms with E-state index in [4.69, 9.17) is 16.3 Å². The van der Waals surface area contributed by atoms with Gasteiger partial charge in [-0.05, 0) is 42.7 Å². The number of nitrogens with one attached hydrogen (secondary N) is 2. The zero-order chi connectivity index (χ0) is 14.4. The summed E-state index contributed by atoms with van der Waals surface area (Å²) in [5.74, 6) is 0.794. The maximum atomic E-state index is 11.4. The quantitative estimate of drug-likeness (QED) is 0.774. The van der Waals surface area contributed by atoms with Crippen molar-refractivity contribution < 1.29 is 4.74 Å². The van der Waals surface area contributed by atoms with E-state index in [1.807, 2.05) is 36.4 Å². The summed E-state index contributed by atoms with van der Waals surface area (Å²) in [5, 5.41) is 0.644. The zero-order valence-electron chi connectivity index (χ0n) is 11.2. The van der Waals surface area contributed by atoms with Gasteiger partial charge in [-0.1, -0.05) is 23.7 Å². The summed E-state index contributed by atoms with van der Waals surface area (Å²) in [6.07, 6.45) is 2.49. The second-order valence-corrected chi connectivity index (χ2v) is 5.68. The van der Waals surface area contributed by atoms with Crippen molar-refractivity contribution in [1.82, 2.24) is 9.97 Å². The van der Waals surface area contributed by atoms with Crippen LogP contribution in [0.4, 0.5) is 0 Å². The van der Waals surface area contributed by atoms with E-state index >= 15 is 0 Å². The van der Waals surface area contributed by atoms with Gasteiger partial charge in [-0.2, -0.15) is 0 Å². The molecule has 0 spiro atoms. The molecule has 0 amide bonds. The highest BCUT2D eigenvalue weighted by molar-refractivity contribution is 6.33. The molecule has 0 saturated heterocycles. The van der Waals surface area contributed by atoms with Crippen molar-refractivity contribution in [3.63, 3.8) is 0 Å². The first-order valence-corrected chi connectivity index (χ1v) is 7.26. The lowest BCUT2D eigenvalue weighted by molar-refractivity contribution is 0.304. The Morgan fingerprint density at radius 2 is 1.90 bits per heavy atom. The van der Waals surface area contributed by atoms with Crippen LogP contribution in [0, 0.1) is 0 Å². The van der Waals surface area contributed by atoms with E-state index in [2.05, 4.69) is 9.97 Å². The summed E-state index contributed by atoms with van der Waals surface area (Å²) in [6, 6.07) is 11.4. The first-order chi connectivity index (χ1) is 10.2. The molecule has 1 aliphatic rings. The number of fused-ring (bicyclic) bond motifs is 1. The van der Waals surface area contributed by atoms with Gasteiger partial charge in [-0.3, -0.25) is 0 Å². The van der Waals surface area contributed by atoms with E-state index < -0.39 is 0 Å². The van der Waals surface area contributed by atoms with Crippen LogP contribution in [0.2, 0.25) is 5.02 Å². The molecule has 0 aliphatic heterocycles. The number of aromatic amines is 2. The average Bonchev–Trinajstić information content (AvgIpc) is 3.17. The van der Waals surface area contributed by atoms with Crippen LogP contribution in [0.1, 0.15) is 12.8 Å². The number of hydrogen-bond donors (Lipinski definition) is 2. The van der Waals surface area contributed by atoms with E-state index in [1.165, 1.54) is 0 Å². The smallest absolute Gasteiger partial charge is 0.323 e. The highest BCUT2D eigenvalue weighted by Gasteiger charge is 2.25. The molecule has 1 aromatic heterocycles. The van der Waals surface area contributed by atoms with Gasteiger partial charge in [-0.25, -0.2) is 4.79 Å². The maximum absolute atomic E-state index is 11.4. The molecule has 106 valence electrons. The van der Waals surface area contributed by atoms with Crippen LogP contribution in [0.25, 0.3) is 22.2 Å². The van der Waals surface area contributed by atoms with Crippen LogP contribution in [0.5, 0.6) is 5.75 Å². The van der Waals surface area contributed by atoms with Gasteiger partial charge >= 0.3 is 5.69 Å². The van der Waals surface area contributed by atoms with E-state index in [0.717, 1.165) is 40.8 Å². The summed E-state index contributed by atoms with van der Waals surface area (Å²) in [6.45, 7) is 0. The lowest BCUT2D eigenvalue weighted by atomic mass is 10.0. The molecule has 5 heteroatoms. The molecule has 4 rings (SSSR count). The number of imidazole rings is 1. The summed E-state index contributed by atoms with van der Waals surface area (Å²) < 4.78 is 5.94. The fraction of sp³-hybridized carbons (Fsp3) is 0.188. The fourth-order valence-electron chi connectivity index (χ4n) is 2.44. The number of rotatable bonds is 3. The van der Waals surface area contributed by atoms with E-state index in [0.29, 0.717) is 11.1 Å². The summed E-state index contributed by atoms with van der Waals surface area (Å²) in [4.78, 5) is 16.9. The van der Waals surface area contributed by atoms with E-state index in [9.17, 15) is 4.79 Å². The van der Waals surface area contributed by atoms with Crippen LogP contribution in [-0.4, -0.2) is 16.1 Å². The number of benzene rings is 2. The molecule has 1 aliphatic carbocycles. The molecule has 1 heterocycles. The molecular formula is C16H13ClN2O2. The largest absolute Gasteiger partial charge is 0.490 e. The average molecular weight is 301 g/mol. The molecule has 0 bridgehead atoms. The Hall–Kier alpha value is -2.20. The van der Waals surface area contributed by atoms with Crippen molar-refractivity contribution in [2.24, 2.45) is 0 Å². The molecule has 2 N–H and O–H groups in total. The molecule has 2 aromatic carbocycles. The van der Waals surface area contributed by atoms with Crippen molar-refractivity contribution in [3.05, 3.63) is 51.9 Å².